The van der Waals surface area contributed by atoms with Crippen molar-refractivity contribution in [3.63, 3.8) is 0 Å². The quantitative estimate of drug-likeness (QED) is 0.597. The average Bonchev–Trinajstić information content (AvgIpc) is 2.26. The highest BCUT2D eigenvalue weighted by Gasteiger charge is 2.51. The van der Waals surface area contributed by atoms with E-state index in [1.165, 1.54) is 5.56 Å². The molecular weight excluding hydrogens is 205 g/mol. The maximum Gasteiger partial charge on any atom is 0.175 e. The molecule has 3 unspecified atom stereocenters. The molecule has 15 heavy (non-hydrogen) atoms. The van der Waals surface area contributed by atoms with Crippen molar-refractivity contribution in [2.75, 3.05) is 0 Å². The van der Waals surface area contributed by atoms with E-state index in [-0.39, 0.29) is 0 Å². The van der Waals surface area contributed by atoms with Crippen LogP contribution >= 0.6 is 0 Å². The Labute approximate surface area is 94.8 Å². The van der Waals surface area contributed by atoms with Gasteiger partial charge in [-0.05, 0) is 31.3 Å². The Kier molecular flexibility index (Phi) is 2.84. The lowest BCUT2D eigenvalue weighted by atomic mass is 9.66. The first-order valence-corrected chi connectivity index (χ1v) is 6.46. The topological polar surface area (TPSA) is 49.1 Å². The first-order chi connectivity index (χ1) is 7.04. The van der Waals surface area contributed by atoms with Gasteiger partial charge in [0.25, 0.3) is 0 Å². The van der Waals surface area contributed by atoms with Gasteiger partial charge < -0.3 is 4.55 Å². The smallest absolute Gasteiger partial charge is 0.175 e. The number of hydrogen-bond acceptors (Lipinski definition) is 2. The van der Waals surface area contributed by atoms with Crippen LogP contribution in [-0.4, -0.2) is 17.3 Å². The summed E-state index contributed by atoms with van der Waals surface area (Å²) in [4.78, 5) is 0.365. The van der Waals surface area contributed by atoms with E-state index in [0.29, 0.717) is 5.82 Å². The third-order valence-corrected chi connectivity index (χ3v) is 5.38. The summed E-state index contributed by atoms with van der Waals surface area (Å²) in [5, 5.41) is 0. The van der Waals surface area contributed by atoms with Gasteiger partial charge in [0.2, 0.25) is 0 Å². The molecule has 3 atom stereocenters. The summed E-state index contributed by atoms with van der Waals surface area (Å²) in [6.07, 6.45) is 1.96. The largest absolute Gasteiger partial charge is 0.610 e. The highest BCUT2D eigenvalue weighted by atomic mass is 32.2. The number of aryl methyl sites for hydroxylation is 1. The second-order valence-corrected chi connectivity index (χ2v) is 6.25. The molecule has 4 heteroatoms. The maximum absolute atomic E-state index is 12.3. The maximum atomic E-state index is 12.3. The molecule has 2 N–H and O–H groups in total. The van der Waals surface area contributed by atoms with Gasteiger partial charge in [-0.3, -0.25) is 5.73 Å². The average molecular weight is 221 g/mol. The Morgan fingerprint density at radius 3 is 2.47 bits per heavy atom. The zero-order valence-corrected chi connectivity index (χ0v) is 10.0. The monoisotopic (exact) mass is 221 g/mol. The van der Waals surface area contributed by atoms with Crippen molar-refractivity contribution in [3.8, 4) is 0 Å². The van der Waals surface area contributed by atoms with Gasteiger partial charge in [0.15, 0.2) is 9.77 Å². The van der Waals surface area contributed by atoms with Crippen LogP contribution < -0.4 is 5.73 Å². The van der Waals surface area contributed by atoms with Gasteiger partial charge in [-0.25, -0.2) is 0 Å². The van der Waals surface area contributed by atoms with E-state index in [1.807, 2.05) is 31.2 Å². The molecule has 0 saturated heterocycles. The predicted octanol–water partition coefficient (Wildman–Crippen LogP) is 0.973. The van der Waals surface area contributed by atoms with Gasteiger partial charge in [-0.1, -0.05) is 17.7 Å². The molecule has 0 heterocycles. The van der Waals surface area contributed by atoms with Gasteiger partial charge in [-0.2, -0.15) is 0 Å². The third kappa shape index (κ3) is 1.82. The Bertz CT molecular complexity index is 356. The van der Waals surface area contributed by atoms with Crippen LogP contribution in [0.2, 0.25) is 5.82 Å². The fourth-order valence-corrected chi connectivity index (χ4v) is 3.48. The van der Waals surface area contributed by atoms with Gasteiger partial charge >= 0.3 is 0 Å². The van der Waals surface area contributed by atoms with Crippen LogP contribution in [-0.2, 0) is 11.2 Å². The molecule has 0 amide bonds. The number of nitrogens with two attached hydrogens (primary N) is 1. The molecule has 1 fully saturated rings. The normalized spacial score (nSPS) is 32.1. The number of hydrogen-bond donors (Lipinski definition) is 1. The molecule has 2 rings (SSSR count). The van der Waals surface area contributed by atoms with Crippen molar-refractivity contribution >= 4 is 19.0 Å². The lowest BCUT2D eigenvalue weighted by molar-refractivity contribution is 0.347. The highest BCUT2D eigenvalue weighted by Crippen LogP contribution is 2.45. The van der Waals surface area contributed by atoms with E-state index < -0.39 is 16.0 Å². The first-order valence-electron chi connectivity index (χ1n) is 5.31. The van der Waals surface area contributed by atoms with Crippen LogP contribution in [0, 0.1) is 6.92 Å². The molecule has 1 saturated carbocycles. The summed E-state index contributed by atoms with van der Waals surface area (Å²) >= 11 is -1.07. The highest BCUT2D eigenvalue weighted by molar-refractivity contribution is 7.93. The van der Waals surface area contributed by atoms with Crippen molar-refractivity contribution in [2.24, 2.45) is 5.73 Å². The Balaban J connectivity index is 2.20. The second kappa shape index (κ2) is 3.85. The molecular formula is C11H16BNOS. The fraction of sp³-hybridized carbons (Fsp3) is 0.455. The van der Waals surface area contributed by atoms with E-state index in [2.05, 4.69) is 7.85 Å². The standard InChI is InChI=1S/C11H16BNOS/c1-8-2-4-9(5-3-8)15(14)11(13)7-6-10(11)12/h2-5,10H,6-7,12-13H2,1H3. The zero-order valence-electron chi connectivity index (χ0n) is 9.19. The van der Waals surface area contributed by atoms with Gasteiger partial charge in [-0.15, -0.1) is 0 Å². The lowest BCUT2D eigenvalue weighted by Crippen LogP contribution is -2.57. The molecule has 1 aliphatic rings. The molecule has 1 aromatic carbocycles. The molecule has 0 spiro atoms. The Morgan fingerprint density at radius 2 is 2.07 bits per heavy atom. The SMILES string of the molecule is BC1CCC1(N)[S+]([O-])c1ccc(C)cc1. The third-order valence-electron chi connectivity index (χ3n) is 3.38. The molecule has 80 valence electrons. The van der Waals surface area contributed by atoms with E-state index >= 15 is 0 Å². The Hall–Kier alpha value is -0.445. The fourth-order valence-electron chi connectivity index (χ4n) is 1.87. The minimum absolute atomic E-state index is 0.361. The summed E-state index contributed by atoms with van der Waals surface area (Å²) in [6, 6.07) is 7.82. The first kappa shape index (κ1) is 11.1. The van der Waals surface area contributed by atoms with Crippen LogP contribution in [0.1, 0.15) is 18.4 Å². The van der Waals surface area contributed by atoms with Crippen molar-refractivity contribution in [1.29, 1.82) is 0 Å². The minimum atomic E-state index is -1.07. The van der Waals surface area contributed by atoms with E-state index in [0.717, 1.165) is 17.7 Å². The van der Waals surface area contributed by atoms with Crippen molar-refractivity contribution in [2.45, 2.75) is 35.3 Å². The summed E-state index contributed by atoms with van der Waals surface area (Å²) in [7, 11) is 2.08. The van der Waals surface area contributed by atoms with E-state index in [4.69, 9.17) is 5.73 Å². The molecule has 1 aliphatic carbocycles. The van der Waals surface area contributed by atoms with E-state index in [1.54, 1.807) is 0 Å². The van der Waals surface area contributed by atoms with Gasteiger partial charge in [0.05, 0.1) is 0 Å². The van der Waals surface area contributed by atoms with Crippen LogP contribution in [0.15, 0.2) is 29.2 Å². The molecule has 0 bridgehead atoms. The van der Waals surface area contributed by atoms with Crippen LogP contribution in [0.5, 0.6) is 0 Å². The predicted molar refractivity (Wildman–Crippen MR) is 66.0 cm³/mol. The minimum Gasteiger partial charge on any atom is -0.610 e. The second-order valence-electron chi connectivity index (χ2n) is 4.48. The summed E-state index contributed by atoms with van der Waals surface area (Å²) < 4.78 is 12.3. The summed E-state index contributed by atoms with van der Waals surface area (Å²) in [5.41, 5.74) is 7.34. The summed E-state index contributed by atoms with van der Waals surface area (Å²) in [5.74, 6) is 0.361. The zero-order chi connectivity index (χ0) is 11.1. The van der Waals surface area contributed by atoms with Gasteiger partial charge in [0.1, 0.15) is 7.85 Å². The molecule has 0 aromatic heterocycles. The molecule has 1 aromatic rings. The lowest BCUT2D eigenvalue weighted by Gasteiger charge is -2.44. The molecule has 0 aliphatic heterocycles. The van der Waals surface area contributed by atoms with Gasteiger partial charge in [0, 0.05) is 17.6 Å². The summed E-state index contributed by atoms with van der Waals surface area (Å²) in [6.45, 7) is 2.02. The van der Waals surface area contributed by atoms with Crippen molar-refractivity contribution < 1.29 is 4.55 Å². The molecule has 2 nitrogen and oxygen atoms in total. The van der Waals surface area contributed by atoms with Crippen molar-refractivity contribution in [3.05, 3.63) is 29.8 Å². The Morgan fingerprint density at radius 1 is 1.47 bits per heavy atom. The number of rotatable bonds is 2. The van der Waals surface area contributed by atoms with Crippen LogP contribution in [0.4, 0.5) is 0 Å². The van der Waals surface area contributed by atoms with E-state index in [9.17, 15) is 4.55 Å². The van der Waals surface area contributed by atoms with Crippen molar-refractivity contribution in [1.82, 2.24) is 0 Å². The number of benzene rings is 1. The van der Waals surface area contributed by atoms with Crippen LogP contribution in [0.3, 0.4) is 0 Å². The van der Waals surface area contributed by atoms with Crippen LogP contribution in [0.25, 0.3) is 0 Å². The molecule has 0 radical (unpaired) electrons.